The minimum Gasteiger partial charge on any atom is -0.0949 e. The standard InChI is InChI=1S/C11H18/c1-6-10(4)7-8-11(5)9(2)3/h9,11H,4,6H2,1-3,5H3. The summed E-state index contributed by atoms with van der Waals surface area (Å²) in [6.07, 6.45) is 0.970. The van der Waals surface area contributed by atoms with Gasteiger partial charge in [0.25, 0.3) is 0 Å². The molecule has 0 aromatic heterocycles. The summed E-state index contributed by atoms with van der Waals surface area (Å²) < 4.78 is 0. The molecule has 0 spiro atoms. The second kappa shape index (κ2) is 5.02. The largest absolute Gasteiger partial charge is 0.0949 e. The molecule has 0 heteroatoms. The summed E-state index contributed by atoms with van der Waals surface area (Å²) in [7, 11) is 0. The van der Waals surface area contributed by atoms with Crippen LogP contribution in [0, 0.1) is 23.7 Å². The van der Waals surface area contributed by atoms with Gasteiger partial charge in [0.15, 0.2) is 0 Å². The molecule has 0 aliphatic heterocycles. The van der Waals surface area contributed by atoms with Gasteiger partial charge in [-0.05, 0) is 17.9 Å². The lowest BCUT2D eigenvalue weighted by molar-refractivity contribution is 0.520. The van der Waals surface area contributed by atoms with E-state index in [0.29, 0.717) is 11.8 Å². The van der Waals surface area contributed by atoms with Gasteiger partial charge in [-0.1, -0.05) is 46.1 Å². The van der Waals surface area contributed by atoms with Gasteiger partial charge >= 0.3 is 0 Å². The molecule has 0 aliphatic carbocycles. The van der Waals surface area contributed by atoms with Crippen LogP contribution in [0.4, 0.5) is 0 Å². The SMILES string of the molecule is C=C(C#CC(C)C(C)C)CC. The molecular weight excluding hydrogens is 132 g/mol. The van der Waals surface area contributed by atoms with E-state index in [1.54, 1.807) is 0 Å². The average molecular weight is 150 g/mol. The monoisotopic (exact) mass is 150 g/mol. The van der Waals surface area contributed by atoms with Gasteiger partial charge in [0.05, 0.1) is 0 Å². The first kappa shape index (κ1) is 10.3. The van der Waals surface area contributed by atoms with Crippen LogP contribution in [0.1, 0.15) is 34.1 Å². The van der Waals surface area contributed by atoms with Crippen LogP contribution < -0.4 is 0 Å². The second-order valence-electron chi connectivity index (χ2n) is 3.26. The van der Waals surface area contributed by atoms with Crippen LogP contribution in [-0.2, 0) is 0 Å². The van der Waals surface area contributed by atoms with Crippen molar-refractivity contribution in [2.24, 2.45) is 11.8 Å². The van der Waals surface area contributed by atoms with Crippen molar-refractivity contribution in [2.75, 3.05) is 0 Å². The molecule has 0 aromatic carbocycles. The van der Waals surface area contributed by atoms with E-state index in [9.17, 15) is 0 Å². The van der Waals surface area contributed by atoms with Crippen LogP contribution in [0.2, 0.25) is 0 Å². The van der Waals surface area contributed by atoms with Crippen molar-refractivity contribution in [3.8, 4) is 11.8 Å². The lowest BCUT2D eigenvalue weighted by Gasteiger charge is -2.06. The Morgan fingerprint density at radius 1 is 1.36 bits per heavy atom. The number of allylic oxidation sites excluding steroid dienone is 1. The summed E-state index contributed by atoms with van der Waals surface area (Å²) in [5, 5.41) is 0. The molecule has 0 bridgehead atoms. The zero-order chi connectivity index (χ0) is 8.85. The molecule has 0 fully saturated rings. The highest BCUT2D eigenvalue weighted by molar-refractivity contribution is 5.25. The van der Waals surface area contributed by atoms with E-state index in [4.69, 9.17) is 0 Å². The summed E-state index contributed by atoms with van der Waals surface area (Å²) in [6, 6.07) is 0. The van der Waals surface area contributed by atoms with Gasteiger partial charge in [-0.25, -0.2) is 0 Å². The first-order chi connectivity index (χ1) is 5.07. The maximum Gasteiger partial charge on any atom is 0.0201 e. The van der Waals surface area contributed by atoms with E-state index in [2.05, 4.69) is 46.1 Å². The molecule has 0 aliphatic rings. The normalized spacial score (nSPS) is 12.1. The summed E-state index contributed by atoms with van der Waals surface area (Å²) >= 11 is 0. The molecule has 0 saturated heterocycles. The van der Waals surface area contributed by atoms with Gasteiger partial charge < -0.3 is 0 Å². The molecule has 1 unspecified atom stereocenters. The topological polar surface area (TPSA) is 0 Å². The lowest BCUT2D eigenvalue weighted by atomic mass is 9.98. The van der Waals surface area contributed by atoms with Gasteiger partial charge in [0.2, 0.25) is 0 Å². The Balaban J connectivity index is 3.96. The predicted molar refractivity (Wildman–Crippen MR) is 51.2 cm³/mol. The second-order valence-corrected chi connectivity index (χ2v) is 3.26. The average Bonchev–Trinajstić information content (AvgIpc) is 1.99. The van der Waals surface area contributed by atoms with Gasteiger partial charge in [-0.15, -0.1) is 0 Å². The zero-order valence-electron chi connectivity index (χ0n) is 8.07. The summed E-state index contributed by atoms with van der Waals surface area (Å²) in [5.74, 6) is 7.38. The van der Waals surface area contributed by atoms with Crippen LogP contribution in [0.3, 0.4) is 0 Å². The summed E-state index contributed by atoms with van der Waals surface area (Å²) in [5.41, 5.74) is 1.04. The Morgan fingerprint density at radius 3 is 2.27 bits per heavy atom. The van der Waals surface area contributed by atoms with Crippen molar-refractivity contribution >= 4 is 0 Å². The molecule has 11 heavy (non-hydrogen) atoms. The van der Waals surface area contributed by atoms with Crippen LogP contribution in [0.25, 0.3) is 0 Å². The van der Waals surface area contributed by atoms with Crippen molar-refractivity contribution < 1.29 is 0 Å². The van der Waals surface area contributed by atoms with Crippen LogP contribution in [0.5, 0.6) is 0 Å². The fraction of sp³-hybridized carbons (Fsp3) is 0.636. The molecule has 0 N–H and O–H groups in total. The molecule has 0 nitrogen and oxygen atoms in total. The third-order valence-electron chi connectivity index (χ3n) is 1.90. The molecule has 0 amide bonds. The Hall–Kier alpha value is -0.700. The fourth-order valence-corrected chi connectivity index (χ4v) is 0.471. The molecular formula is C11H18. The van der Waals surface area contributed by atoms with E-state index < -0.39 is 0 Å². The Labute approximate surface area is 70.7 Å². The molecule has 0 aromatic rings. The number of hydrogen-bond donors (Lipinski definition) is 0. The van der Waals surface area contributed by atoms with Crippen LogP contribution in [-0.4, -0.2) is 0 Å². The van der Waals surface area contributed by atoms with Crippen molar-refractivity contribution in [1.29, 1.82) is 0 Å². The molecule has 0 heterocycles. The highest BCUT2D eigenvalue weighted by Crippen LogP contribution is 2.07. The highest BCUT2D eigenvalue weighted by Gasteiger charge is 2.00. The minimum atomic E-state index is 0.485. The fourth-order valence-electron chi connectivity index (χ4n) is 0.471. The van der Waals surface area contributed by atoms with E-state index in [-0.39, 0.29) is 0 Å². The first-order valence-corrected chi connectivity index (χ1v) is 4.27. The van der Waals surface area contributed by atoms with Crippen molar-refractivity contribution in [3.05, 3.63) is 12.2 Å². The number of rotatable bonds is 2. The van der Waals surface area contributed by atoms with E-state index >= 15 is 0 Å². The smallest absolute Gasteiger partial charge is 0.0201 e. The highest BCUT2D eigenvalue weighted by atomic mass is 14.0. The maximum absolute atomic E-state index is 3.83. The van der Waals surface area contributed by atoms with Crippen LogP contribution in [0.15, 0.2) is 12.2 Å². The molecule has 1 atom stereocenters. The van der Waals surface area contributed by atoms with Crippen molar-refractivity contribution in [1.82, 2.24) is 0 Å². The molecule has 0 rings (SSSR count). The van der Waals surface area contributed by atoms with Gasteiger partial charge in [0, 0.05) is 5.92 Å². The maximum atomic E-state index is 3.83. The minimum absolute atomic E-state index is 0.485. The molecule has 0 radical (unpaired) electrons. The van der Waals surface area contributed by atoms with E-state index in [1.807, 2.05) is 0 Å². The lowest BCUT2D eigenvalue weighted by Crippen LogP contribution is -1.99. The Kier molecular flexibility index (Phi) is 4.70. The quantitative estimate of drug-likeness (QED) is 0.530. The third-order valence-corrected chi connectivity index (χ3v) is 1.90. The summed E-state index contributed by atoms with van der Waals surface area (Å²) in [4.78, 5) is 0. The van der Waals surface area contributed by atoms with E-state index in [0.717, 1.165) is 12.0 Å². The van der Waals surface area contributed by atoms with E-state index in [1.165, 1.54) is 0 Å². The first-order valence-electron chi connectivity index (χ1n) is 4.27. The van der Waals surface area contributed by atoms with Gasteiger partial charge in [-0.2, -0.15) is 0 Å². The van der Waals surface area contributed by atoms with Gasteiger partial charge in [0.1, 0.15) is 0 Å². The zero-order valence-corrected chi connectivity index (χ0v) is 8.07. The molecule has 0 saturated carbocycles. The molecule has 62 valence electrons. The predicted octanol–water partition coefficient (Wildman–Crippen LogP) is 3.25. The Morgan fingerprint density at radius 2 is 1.91 bits per heavy atom. The van der Waals surface area contributed by atoms with Crippen molar-refractivity contribution in [2.45, 2.75) is 34.1 Å². The number of hydrogen-bond acceptors (Lipinski definition) is 0. The van der Waals surface area contributed by atoms with Crippen LogP contribution >= 0.6 is 0 Å². The summed E-state index contributed by atoms with van der Waals surface area (Å²) in [6.45, 7) is 12.4. The van der Waals surface area contributed by atoms with Gasteiger partial charge in [-0.3, -0.25) is 0 Å². The third kappa shape index (κ3) is 4.67. The van der Waals surface area contributed by atoms with Crippen molar-refractivity contribution in [3.63, 3.8) is 0 Å². The Bertz CT molecular complexity index is 176.